The number of thiophene rings is 1. The van der Waals surface area contributed by atoms with E-state index in [1.807, 2.05) is 0 Å². The Bertz CT molecular complexity index is 275. The van der Waals surface area contributed by atoms with Gasteiger partial charge in [0.05, 0.1) is 8.07 Å². The summed E-state index contributed by atoms with van der Waals surface area (Å²) in [5, 5.41) is 5.86. The van der Waals surface area contributed by atoms with Crippen LogP contribution in [0.25, 0.3) is 5.20 Å². The fourth-order valence-electron chi connectivity index (χ4n) is 2.13. The standard InChI is InChI=1S/C12H20SSi/c1-5-14(6-2,7-3)11(4)12-8-9-13-10-12/h8-10H,4-7H2,1-3H3. The van der Waals surface area contributed by atoms with Gasteiger partial charge in [0.1, 0.15) is 0 Å². The van der Waals surface area contributed by atoms with Gasteiger partial charge < -0.3 is 0 Å². The topological polar surface area (TPSA) is 0 Å². The van der Waals surface area contributed by atoms with E-state index in [1.165, 1.54) is 28.9 Å². The average Bonchev–Trinajstić information content (AvgIpc) is 2.74. The normalized spacial score (nSPS) is 11.6. The molecule has 0 radical (unpaired) electrons. The van der Waals surface area contributed by atoms with Crippen LogP contribution in [0, 0.1) is 0 Å². The Morgan fingerprint density at radius 2 is 1.86 bits per heavy atom. The van der Waals surface area contributed by atoms with E-state index in [2.05, 4.69) is 44.2 Å². The van der Waals surface area contributed by atoms with Crippen molar-refractivity contribution in [3.63, 3.8) is 0 Å². The maximum absolute atomic E-state index is 4.35. The minimum atomic E-state index is -1.21. The van der Waals surface area contributed by atoms with Gasteiger partial charge in [0.2, 0.25) is 0 Å². The van der Waals surface area contributed by atoms with E-state index < -0.39 is 8.07 Å². The molecule has 1 heterocycles. The molecule has 0 unspecified atom stereocenters. The molecular formula is C12H20SSi. The molecule has 2 heteroatoms. The zero-order valence-corrected chi connectivity index (χ0v) is 11.3. The summed E-state index contributed by atoms with van der Waals surface area (Å²) in [6, 6.07) is 6.20. The average molecular weight is 224 g/mol. The lowest BCUT2D eigenvalue weighted by Gasteiger charge is -2.30. The first-order valence-corrected chi connectivity index (χ1v) is 8.98. The minimum absolute atomic E-state index is 1.21. The predicted octanol–water partition coefficient (Wildman–Crippen LogP) is 4.81. The van der Waals surface area contributed by atoms with Crippen LogP contribution in [0.3, 0.4) is 0 Å². The molecule has 1 aromatic rings. The van der Waals surface area contributed by atoms with E-state index in [1.54, 1.807) is 11.3 Å². The van der Waals surface area contributed by atoms with Crippen LogP contribution in [0.1, 0.15) is 26.3 Å². The molecule has 14 heavy (non-hydrogen) atoms. The number of rotatable bonds is 5. The van der Waals surface area contributed by atoms with Crippen molar-refractivity contribution in [2.45, 2.75) is 38.9 Å². The molecule has 0 saturated heterocycles. The summed E-state index contributed by atoms with van der Waals surface area (Å²) in [6.07, 6.45) is 0. The molecule has 0 N–H and O–H groups in total. The zero-order chi connectivity index (χ0) is 10.6. The van der Waals surface area contributed by atoms with Crippen molar-refractivity contribution in [3.8, 4) is 0 Å². The monoisotopic (exact) mass is 224 g/mol. The molecule has 0 aliphatic carbocycles. The van der Waals surface area contributed by atoms with E-state index in [0.29, 0.717) is 0 Å². The second-order valence-corrected chi connectivity index (χ2v) is 9.90. The molecular weight excluding hydrogens is 204 g/mol. The highest BCUT2D eigenvalue weighted by atomic mass is 32.1. The van der Waals surface area contributed by atoms with Gasteiger partial charge in [-0.05, 0) is 22.4 Å². The highest BCUT2D eigenvalue weighted by Crippen LogP contribution is 2.34. The van der Waals surface area contributed by atoms with Gasteiger partial charge >= 0.3 is 0 Å². The lowest BCUT2D eigenvalue weighted by atomic mass is 10.3. The summed E-state index contributed by atoms with van der Waals surface area (Å²) >= 11 is 1.78. The second-order valence-electron chi connectivity index (χ2n) is 3.83. The van der Waals surface area contributed by atoms with Crippen LogP contribution in [0.2, 0.25) is 18.1 Å². The van der Waals surface area contributed by atoms with Crippen molar-refractivity contribution >= 4 is 24.6 Å². The molecule has 0 fully saturated rings. The third-order valence-corrected chi connectivity index (χ3v) is 9.85. The first-order chi connectivity index (χ1) is 6.70. The zero-order valence-electron chi connectivity index (χ0n) is 9.47. The molecule has 0 aliphatic heterocycles. The molecule has 0 spiro atoms. The fraction of sp³-hybridized carbons (Fsp3) is 0.500. The molecule has 0 atom stereocenters. The van der Waals surface area contributed by atoms with Crippen LogP contribution in [-0.2, 0) is 0 Å². The Balaban J connectivity index is 2.95. The Morgan fingerprint density at radius 1 is 1.29 bits per heavy atom. The lowest BCUT2D eigenvalue weighted by Crippen LogP contribution is -2.32. The van der Waals surface area contributed by atoms with E-state index in [0.717, 1.165) is 0 Å². The molecule has 1 aromatic heterocycles. The number of hydrogen-bond acceptors (Lipinski definition) is 1. The van der Waals surface area contributed by atoms with Crippen molar-refractivity contribution in [2.24, 2.45) is 0 Å². The Kier molecular flexibility index (Phi) is 4.14. The molecule has 78 valence electrons. The molecule has 1 rings (SSSR count). The number of hydrogen-bond donors (Lipinski definition) is 0. The summed E-state index contributed by atoms with van der Waals surface area (Å²) in [7, 11) is -1.21. The van der Waals surface area contributed by atoms with Gasteiger partial charge in [-0.3, -0.25) is 0 Å². The molecule has 0 aromatic carbocycles. The minimum Gasteiger partial charge on any atom is -0.152 e. The molecule has 0 nitrogen and oxygen atoms in total. The van der Waals surface area contributed by atoms with Crippen LogP contribution in [0.15, 0.2) is 23.4 Å². The maximum atomic E-state index is 4.35. The van der Waals surface area contributed by atoms with Gasteiger partial charge in [-0.2, -0.15) is 11.3 Å². The van der Waals surface area contributed by atoms with E-state index in [4.69, 9.17) is 0 Å². The van der Waals surface area contributed by atoms with Crippen molar-refractivity contribution < 1.29 is 0 Å². The van der Waals surface area contributed by atoms with Crippen LogP contribution >= 0.6 is 11.3 Å². The summed E-state index contributed by atoms with van der Waals surface area (Å²) < 4.78 is 0. The van der Waals surface area contributed by atoms with Gasteiger partial charge in [-0.15, -0.1) is 0 Å². The summed E-state index contributed by atoms with van der Waals surface area (Å²) in [6.45, 7) is 11.3. The van der Waals surface area contributed by atoms with E-state index >= 15 is 0 Å². The van der Waals surface area contributed by atoms with Gasteiger partial charge in [0, 0.05) is 0 Å². The van der Waals surface area contributed by atoms with Crippen molar-refractivity contribution in [1.82, 2.24) is 0 Å². The van der Waals surface area contributed by atoms with Gasteiger partial charge in [-0.1, -0.05) is 50.7 Å². The van der Waals surface area contributed by atoms with E-state index in [9.17, 15) is 0 Å². The van der Waals surface area contributed by atoms with Crippen LogP contribution in [0.4, 0.5) is 0 Å². The Morgan fingerprint density at radius 3 is 2.21 bits per heavy atom. The third kappa shape index (κ3) is 2.01. The summed E-state index contributed by atoms with van der Waals surface area (Å²) in [4.78, 5) is 0. The molecule has 0 bridgehead atoms. The van der Waals surface area contributed by atoms with Crippen LogP contribution in [-0.4, -0.2) is 8.07 Å². The van der Waals surface area contributed by atoms with Crippen molar-refractivity contribution in [3.05, 3.63) is 29.0 Å². The molecule has 0 saturated carbocycles. The van der Waals surface area contributed by atoms with Crippen molar-refractivity contribution in [2.75, 3.05) is 0 Å². The van der Waals surface area contributed by atoms with E-state index in [-0.39, 0.29) is 0 Å². The highest BCUT2D eigenvalue weighted by molar-refractivity contribution is 7.08. The summed E-state index contributed by atoms with van der Waals surface area (Å²) in [5.74, 6) is 0. The first-order valence-electron chi connectivity index (χ1n) is 5.42. The Labute approximate surface area is 92.7 Å². The third-order valence-electron chi connectivity index (χ3n) is 3.54. The SMILES string of the molecule is C=C(c1ccsc1)[Si](CC)(CC)CC. The van der Waals surface area contributed by atoms with Crippen LogP contribution in [0.5, 0.6) is 0 Å². The second kappa shape index (κ2) is 4.94. The summed E-state index contributed by atoms with van der Waals surface area (Å²) in [5.41, 5.74) is 1.40. The largest absolute Gasteiger partial charge is 0.152 e. The molecule has 0 aliphatic rings. The van der Waals surface area contributed by atoms with Crippen LogP contribution < -0.4 is 0 Å². The van der Waals surface area contributed by atoms with Gasteiger partial charge in [-0.25, -0.2) is 0 Å². The lowest BCUT2D eigenvalue weighted by molar-refractivity contribution is 1.20. The van der Waals surface area contributed by atoms with Crippen molar-refractivity contribution in [1.29, 1.82) is 0 Å². The first kappa shape index (κ1) is 11.7. The quantitative estimate of drug-likeness (QED) is 0.630. The predicted molar refractivity (Wildman–Crippen MR) is 70.6 cm³/mol. The van der Waals surface area contributed by atoms with Gasteiger partial charge in [0.25, 0.3) is 0 Å². The molecule has 0 amide bonds. The highest BCUT2D eigenvalue weighted by Gasteiger charge is 2.30. The fourth-order valence-corrected chi connectivity index (χ4v) is 6.46. The van der Waals surface area contributed by atoms with Gasteiger partial charge in [0.15, 0.2) is 0 Å². The maximum Gasteiger partial charge on any atom is 0.0859 e. The Hall–Kier alpha value is -0.343. The smallest absolute Gasteiger partial charge is 0.0859 e.